The Morgan fingerprint density at radius 2 is 0.742 bits per heavy atom. The predicted molar refractivity (Wildman–Crippen MR) is 122 cm³/mol. The van der Waals surface area contributed by atoms with Crippen LogP contribution in [0.1, 0.15) is 34.1 Å². The zero-order valence-corrected chi connectivity index (χ0v) is 21.1. The lowest BCUT2D eigenvalue weighted by Gasteiger charge is -1.91. The Balaban J connectivity index is -0.0000000612. The molecule has 0 aromatic rings. The number of urea groups is 1. The molecular formula is C18H44N6O7. The van der Waals surface area contributed by atoms with Crippen molar-refractivity contribution in [1.82, 2.24) is 31.9 Å². The van der Waals surface area contributed by atoms with E-state index >= 15 is 0 Å². The van der Waals surface area contributed by atoms with E-state index in [-0.39, 0.29) is 17.8 Å². The lowest BCUT2D eigenvalue weighted by atomic mass is 10.6. The summed E-state index contributed by atoms with van der Waals surface area (Å²) in [6.45, 7) is 7.19. The van der Waals surface area contributed by atoms with Gasteiger partial charge in [-0.15, -0.1) is 0 Å². The maximum atomic E-state index is 9.96. The fourth-order valence-electron chi connectivity index (χ4n) is 0.329. The van der Waals surface area contributed by atoms with Gasteiger partial charge in [0.1, 0.15) is 0 Å². The summed E-state index contributed by atoms with van der Waals surface area (Å²) < 4.78 is 8.30. The molecule has 0 unspecified atom stereocenters. The van der Waals surface area contributed by atoms with Crippen LogP contribution in [-0.2, 0) is 19.1 Å². The third-order valence-electron chi connectivity index (χ3n) is 1.94. The zero-order chi connectivity index (χ0) is 26.3. The molecule has 0 saturated carbocycles. The summed E-state index contributed by atoms with van der Waals surface area (Å²) in [7, 11) is 12.0. The fraction of sp³-hybridized carbons (Fsp3) is 0.722. The average Bonchev–Trinajstić information content (AvgIpc) is 2.79. The van der Waals surface area contributed by atoms with Crippen molar-refractivity contribution < 1.29 is 33.4 Å². The van der Waals surface area contributed by atoms with Crippen molar-refractivity contribution in [2.24, 2.45) is 0 Å². The van der Waals surface area contributed by atoms with Gasteiger partial charge in [-0.1, -0.05) is 20.3 Å². The highest BCUT2D eigenvalue weighted by Gasteiger charge is 1.85. The third kappa shape index (κ3) is 101. The summed E-state index contributed by atoms with van der Waals surface area (Å²) in [6, 6.07) is -0.157. The Morgan fingerprint density at radius 3 is 0.742 bits per heavy atom. The first kappa shape index (κ1) is 42.0. The Hall–Kier alpha value is -3.25. The number of amides is 6. The number of rotatable bonds is 0. The highest BCUT2D eigenvalue weighted by molar-refractivity contribution is 5.73. The molecule has 6 amide bonds. The number of ether oxygens (including phenoxy) is 2. The van der Waals surface area contributed by atoms with Crippen LogP contribution in [0, 0.1) is 0 Å². The van der Waals surface area contributed by atoms with Crippen LogP contribution in [0.5, 0.6) is 0 Å². The standard InChI is InChI=1S/C3H8N2O.2C3H7NO2.2C3H7NO.C3H8/c1-4-3(6)5-2;2*1-4-3(5)6-2;2*1-3(5)4-2;1-3-2/h1-2H3,(H2,4,5,6);2*1-2H3,(H,4,5);2*1-2H3,(H,4,5);3H2,1-2H3. The minimum atomic E-state index is -0.407. The third-order valence-corrected chi connectivity index (χ3v) is 1.94. The van der Waals surface area contributed by atoms with Crippen LogP contribution in [-0.4, -0.2) is 86.5 Å². The summed E-state index contributed by atoms with van der Waals surface area (Å²) in [5.74, 6) is 0.00926. The van der Waals surface area contributed by atoms with Crippen LogP contribution in [0.2, 0.25) is 0 Å². The highest BCUT2D eigenvalue weighted by Crippen LogP contribution is 1.62. The molecule has 13 heteroatoms. The molecule has 0 aliphatic carbocycles. The van der Waals surface area contributed by atoms with Gasteiger partial charge >= 0.3 is 18.2 Å². The van der Waals surface area contributed by atoms with E-state index in [1.54, 1.807) is 28.2 Å². The second-order valence-electron chi connectivity index (χ2n) is 4.63. The molecule has 0 atom stereocenters. The van der Waals surface area contributed by atoms with E-state index in [1.165, 1.54) is 48.6 Å². The van der Waals surface area contributed by atoms with E-state index < -0.39 is 12.2 Å². The SMILES string of the molecule is CCC.CNC(=O)NC.CNC(=O)OC.CNC(=O)OC.CNC(C)=O.CNC(C)=O. The maximum absolute atomic E-state index is 9.96. The molecule has 0 aliphatic heterocycles. The Kier molecular flexibility index (Phi) is 55.8. The monoisotopic (exact) mass is 456 g/mol. The minimum Gasteiger partial charge on any atom is -0.453 e. The van der Waals surface area contributed by atoms with Gasteiger partial charge in [0, 0.05) is 56.1 Å². The summed E-state index contributed by atoms with van der Waals surface area (Å²) in [5.41, 5.74) is 0. The molecule has 13 nitrogen and oxygen atoms in total. The van der Waals surface area contributed by atoms with E-state index in [0.29, 0.717) is 0 Å². The molecule has 0 rings (SSSR count). The number of hydrogen-bond donors (Lipinski definition) is 6. The normalized spacial score (nSPS) is 6.84. The lowest BCUT2D eigenvalue weighted by Crippen LogP contribution is -2.28. The van der Waals surface area contributed by atoms with Gasteiger partial charge in [0.15, 0.2) is 0 Å². The van der Waals surface area contributed by atoms with Gasteiger partial charge in [0.2, 0.25) is 11.8 Å². The van der Waals surface area contributed by atoms with Crippen molar-refractivity contribution in [3.8, 4) is 0 Å². The van der Waals surface area contributed by atoms with E-state index in [2.05, 4.69) is 55.2 Å². The summed E-state index contributed by atoms with van der Waals surface area (Å²) in [5, 5.41) is 14.0. The van der Waals surface area contributed by atoms with Gasteiger partial charge in [0.25, 0.3) is 0 Å². The molecule has 0 fully saturated rings. The van der Waals surface area contributed by atoms with Crippen LogP contribution < -0.4 is 31.9 Å². The largest absolute Gasteiger partial charge is 0.453 e. The second kappa shape index (κ2) is 41.2. The number of hydrogen-bond acceptors (Lipinski definition) is 7. The van der Waals surface area contributed by atoms with Crippen LogP contribution in [0.3, 0.4) is 0 Å². The van der Waals surface area contributed by atoms with Gasteiger partial charge in [-0.3, -0.25) is 9.59 Å². The van der Waals surface area contributed by atoms with Gasteiger partial charge in [0.05, 0.1) is 14.2 Å². The van der Waals surface area contributed by atoms with Crippen LogP contribution >= 0.6 is 0 Å². The van der Waals surface area contributed by atoms with E-state index in [4.69, 9.17) is 0 Å². The van der Waals surface area contributed by atoms with Gasteiger partial charge in [-0.2, -0.15) is 0 Å². The van der Waals surface area contributed by atoms with Crippen LogP contribution in [0.4, 0.5) is 14.4 Å². The molecule has 6 N–H and O–H groups in total. The van der Waals surface area contributed by atoms with Crippen molar-refractivity contribution in [2.45, 2.75) is 34.1 Å². The fourth-order valence-corrected chi connectivity index (χ4v) is 0.329. The molecule has 0 spiro atoms. The number of carbonyl (C=O) groups excluding carboxylic acids is 5. The smallest absolute Gasteiger partial charge is 0.406 e. The molecule has 0 bridgehead atoms. The summed E-state index contributed by atoms with van der Waals surface area (Å²) in [4.78, 5) is 49.1. The van der Waals surface area contributed by atoms with Gasteiger partial charge in [-0.25, -0.2) is 14.4 Å². The zero-order valence-electron chi connectivity index (χ0n) is 21.1. The molecule has 0 aromatic heterocycles. The van der Waals surface area contributed by atoms with Crippen LogP contribution in [0.15, 0.2) is 0 Å². The molecule has 0 aliphatic rings. The lowest BCUT2D eigenvalue weighted by molar-refractivity contribution is -0.119. The molecule has 0 heterocycles. The van der Waals surface area contributed by atoms with Crippen molar-refractivity contribution >= 4 is 30.0 Å². The minimum absolute atomic E-state index is 0.00463. The number of nitrogens with one attached hydrogen (secondary N) is 6. The Morgan fingerprint density at radius 1 is 0.548 bits per heavy atom. The van der Waals surface area contributed by atoms with Crippen molar-refractivity contribution in [3.05, 3.63) is 0 Å². The van der Waals surface area contributed by atoms with Crippen molar-refractivity contribution in [2.75, 3.05) is 56.5 Å². The molecular weight excluding hydrogens is 412 g/mol. The highest BCUT2D eigenvalue weighted by atomic mass is 16.5. The quantitative estimate of drug-likeness (QED) is 0.306. The predicted octanol–water partition coefficient (Wildman–Crippen LogP) is 0.411. The first-order valence-corrected chi connectivity index (χ1v) is 9.16. The summed E-state index contributed by atoms with van der Waals surface area (Å²) in [6.07, 6.45) is 0.435. The molecule has 0 aromatic carbocycles. The van der Waals surface area contributed by atoms with Crippen LogP contribution in [0.25, 0.3) is 0 Å². The first-order valence-electron chi connectivity index (χ1n) is 9.16. The molecule has 0 saturated heterocycles. The number of alkyl carbamates (subject to hydrolysis) is 2. The average molecular weight is 457 g/mol. The van der Waals surface area contributed by atoms with E-state index in [0.717, 1.165) is 0 Å². The van der Waals surface area contributed by atoms with Gasteiger partial charge in [-0.05, 0) is 0 Å². The second-order valence-corrected chi connectivity index (χ2v) is 4.63. The van der Waals surface area contributed by atoms with Crippen molar-refractivity contribution in [1.29, 1.82) is 0 Å². The maximum Gasteiger partial charge on any atom is 0.406 e. The first-order chi connectivity index (χ1) is 14.4. The molecule has 0 radical (unpaired) electrons. The number of methoxy groups -OCH3 is 2. The summed E-state index contributed by atoms with van der Waals surface area (Å²) >= 11 is 0. The van der Waals surface area contributed by atoms with E-state index in [1.807, 2.05) is 0 Å². The Labute approximate surface area is 186 Å². The molecule has 188 valence electrons. The van der Waals surface area contributed by atoms with Gasteiger partial charge < -0.3 is 41.4 Å². The van der Waals surface area contributed by atoms with E-state index in [9.17, 15) is 24.0 Å². The molecule has 31 heavy (non-hydrogen) atoms. The topological polar surface area (TPSA) is 176 Å². The Bertz CT molecular complexity index is 366. The number of carbonyl (C=O) groups is 5. The van der Waals surface area contributed by atoms with Crippen molar-refractivity contribution in [3.63, 3.8) is 0 Å².